The maximum Gasteiger partial charge on any atom is 0.160 e. The van der Waals surface area contributed by atoms with Gasteiger partial charge in [0.2, 0.25) is 0 Å². The first-order valence-electron chi connectivity index (χ1n) is 17.4. The summed E-state index contributed by atoms with van der Waals surface area (Å²) in [6, 6.07) is 64.3. The van der Waals surface area contributed by atoms with E-state index in [1.165, 1.54) is 43.2 Å². The van der Waals surface area contributed by atoms with E-state index in [4.69, 9.17) is 9.97 Å². The lowest BCUT2D eigenvalue weighted by molar-refractivity contribution is 0.722. The molecule has 0 atom stereocenters. The maximum absolute atomic E-state index is 9.56. The molecule has 1 aromatic heterocycles. The van der Waals surface area contributed by atoms with Crippen LogP contribution >= 0.6 is 11.8 Å². The maximum atomic E-state index is 9.56. The predicted octanol–water partition coefficient (Wildman–Crippen LogP) is 11.8. The van der Waals surface area contributed by atoms with Gasteiger partial charge in [0.05, 0.1) is 28.4 Å². The molecule has 0 unspecified atom stereocenters. The minimum absolute atomic E-state index is 0.568. The highest BCUT2D eigenvalue weighted by Gasteiger charge is 2.51. The van der Waals surface area contributed by atoms with Gasteiger partial charge >= 0.3 is 0 Å². The lowest BCUT2D eigenvalue weighted by atomic mass is 9.67. The highest BCUT2D eigenvalue weighted by atomic mass is 32.2. The van der Waals surface area contributed by atoms with Gasteiger partial charge in [-0.05, 0) is 80.9 Å². The third kappa shape index (κ3) is 4.60. The molecule has 0 N–H and O–H groups in total. The van der Waals surface area contributed by atoms with Gasteiger partial charge in [-0.2, -0.15) is 5.26 Å². The fraction of sp³-hybridized carbons (Fsp3) is 0.0208. The third-order valence-electron chi connectivity index (χ3n) is 10.4. The minimum Gasteiger partial charge on any atom is -0.228 e. The van der Waals surface area contributed by atoms with Gasteiger partial charge in [-0.15, -0.1) is 0 Å². The molecule has 1 aliphatic heterocycles. The van der Waals surface area contributed by atoms with Crippen molar-refractivity contribution in [1.29, 1.82) is 5.26 Å². The standard InChI is InChI=1S/C48H29N3S/c49-30-31-22-24-32(25-23-31)36-16-11-19-40-46(36)37-27-26-35(28-41(37)48(40)38-17-7-9-20-44(38)52-45-21-10-8-18-39(45)48)47-50-42(33-12-3-1-4-13-33)29-43(51-47)34-14-5-2-6-15-34/h1-29H. The van der Waals surface area contributed by atoms with Gasteiger partial charge in [0.1, 0.15) is 0 Å². The van der Waals surface area contributed by atoms with Crippen LogP contribution in [0.2, 0.25) is 0 Å². The Labute approximate surface area is 307 Å². The van der Waals surface area contributed by atoms with Crippen molar-refractivity contribution in [1.82, 2.24) is 9.97 Å². The highest BCUT2D eigenvalue weighted by Crippen LogP contribution is 2.63. The molecule has 0 saturated carbocycles. The van der Waals surface area contributed by atoms with Gasteiger partial charge in [-0.1, -0.05) is 151 Å². The van der Waals surface area contributed by atoms with E-state index in [9.17, 15) is 5.26 Å². The molecule has 242 valence electrons. The van der Waals surface area contributed by atoms with Gasteiger partial charge in [0, 0.05) is 26.5 Å². The number of aromatic nitrogens is 2. The number of benzene rings is 7. The van der Waals surface area contributed by atoms with Crippen molar-refractivity contribution in [3.05, 3.63) is 204 Å². The molecule has 10 rings (SSSR count). The Morgan fingerprint density at radius 3 is 1.62 bits per heavy atom. The Morgan fingerprint density at radius 1 is 0.442 bits per heavy atom. The van der Waals surface area contributed by atoms with Crippen LogP contribution in [-0.2, 0) is 5.41 Å². The van der Waals surface area contributed by atoms with Crippen molar-refractivity contribution in [2.45, 2.75) is 15.2 Å². The van der Waals surface area contributed by atoms with Gasteiger partial charge in [-0.25, -0.2) is 9.97 Å². The van der Waals surface area contributed by atoms with Crippen molar-refractivity contribution >= 4 is 11.8 Å². The summed E-state index contributed by atoms with van der Waals surface area (Å²) < 4.78 is 0. The van der Waals surface area contributed by atoms with E-state index in [-0.39, 0.29) is 0 Å². The van der Waals surface area contributed by atoms with E-state index in [1.54, 1.807) is 0 Å². The van der Waals surface area contributed by atoms with Gasteiger partial charge < -0.3 is 0 Å². The Hall–Kier alpha value is -6.54. The molecule has 0 radical (unpaired) electrons. The summed E-state index contributed by atoms with van der Waals surface area (Å²) in [6.07, 6.45) is 0. The summed E-state index contributed by atoms with van der Waals surface area (Å²) in [6.45, 7) is 0. The second kappa shape index (κ2) is 12.1. The molecule has 0 amide bonds. The SMILES string of the molecule is N#Cc1ccc(-c2cccc3c2-c2ccc(-c4nc(-c5ccccc5)cc(-c5ccccc5)n4)cc2C32c3ccccc3Sc3ccccc32)cc1. The monoisotopic (exact) mass is 679 g/mol. The Balaban J connectivity index is 1.28. The van der Waals surface area contributed by atoms with E-state index in [2.05, 4.69) is 158 Å². The molecule has 3 nitrogen and oxygen atoms in total. The van der Waals surface area contributed by atoms with E-state index >= 15 is 0 Å². The molecule has 2 heterocycles. The molecule has 0 fully saturated rings. The summed E-state index contributed by atoms with van der Waals surface area (Å²) in [4.78, 5) is 13.0. The van der Waals surface area contributed by atoms with Gasteiger partial charge in [0.15, 0.2) is 5.82 Å². The Kier molecular flexibility index (Phi) is 7.02. The molecule has 1 aliphatic carbocycles. The van der Waals surface area contributed by atoms with Crippen LogP contribution in [0.1, 0.15) is 27.8 Å². The summed E-state index contributed by atoms with van der Waals surface area (Å²) in [5.41, 5.74) is 14.6. The summed E-state index contributed by atoms with van der Waals surface area (Å²) in [7, 11) is 0. The van der Waals surface area contributed by atoms with Crippen LogP contribution in [0.25, 0.3) is 56.2 Å². The topological polar surface area (TPSA) is 49.6 Å². The van der Waals surface area contributed by atoms with Gasteiger partial charge in [-0.3, -0.25) is 0 Å². The van der Waals surface area contributed by atoms with E-state index in [0.29, 0.717) is 11.4 Å². The van der Waals surface area contributed by atoms with Crippen LogP contribution in [-0.4, -0.2) is 9.97 Å². The first-order chi connectivity index (χ1) is 25.7. The number of fused-ring (bicyclic) bond motifs is 9. The first kappa shape index (κ1) is 30.3. The molecular formula is C48H29N3S. The first-order valence-corrected chi connectivity index (χ1v) is 18.2. The van der Waals surface area contributed by atoms with Crippen molar-refractivity contribution in [3.8, 4) is 62.2 Å². The smallest absolute Gasteiger partial charge is 0.160 e. The fourth-order valence-corrected chi connectivity index (χ4v) is 9.33. The fourth-order valence-electron chi connectivity index (χ4n) is 8.14. The quantitative estimate of drug-likeness (QED) is 0.186. The molecule has 7 aromatic carbocycles. The summed E-state index contributed by atoms with van der Waals surface area (Å²) in [5.74, 6) is 0.688. The molecule has 4 heteroatoms. The Bertz CT molecular complexity index is 2610. The van der Waals surface area contributed by atoms with Crippen molar-refractivity contribution in [2.75, 3.05) is 0 Å². The third-order valence-corrected chi connectivity index (χ3v) is 11.6. The van der Waals surface area contributed by atoms with Crippen molar-refractivity contribution in [3.63, 3.8) is 0 Å². The molecular weight excluding hydrogens is 651 g/mol. The molecule has 2 aliphatic rings. The van der Waals surface area contributed by atoms with Crippen LogP contribution < -0.4 is 0 Å². The number of rotatable bonds is 4. The molecule has 1 spiro atoms. The molecule has 8 aromatic rings. The normalized spacial score (nSPS) is 13.1. The number of hydrogen-bond acceptors (Lipinski definition) is 4. The number of hydrogen-bond donors (Lipinski definition) is 0. The second-order valence-electron chi connectivity index (χ2n) is 13.2. The predicted molar refractivity (Wildman–Crippen MR) is 210 cm³/mol. The van der Waals surface area contributed by atoms with Gasteiger partial charge in [0.25, 0.3) is 0 Å². The summed E-state index contributed by atoms with van der Waals surface area (Å²) >= 11 is 1.84. The lowest BCUT2D eigenvalue weighted by Crippen LogP contribution is -2.32. The van der Waals surface area contributed by atoms with Crippen LogP contribution in [0, 0.1) is 11.3 Å². The number of nitriles is 1. The summed E-state index contributed by atoms with van der Waals surface area (Å²) in [5, 5.41) is 9.56. The number of nitrogens with zero attached hydrogens (tertiary/aromatic N) is 3. The average molecular weight is 680 g/mol. The largest absolute Gasteiger partial charge is 0.228 e. The zero-order valence-corrected chi connectivity index (χ0v) is 28.8. The van der Waals surface area contributed by atoms with E-state index in [1.807, 2.05) is 36.0 Å². The molecule has 52 heavy (non-hydrogen) atoms. The van der Waals surface area contributed by atoms with E-state index < -0.39 is 5.41 Å². The zero-order valence-electron chi connectivity index (χ0n) is 28.0. The second-order valence-corrected chi connectivity index (χ2v) is 14.3. The zero-order chi connectivity index (χ0) is 34.6. The van der Waals surface area contributed by atoms with E-state index in [0.717, 1.165) is 39.2 Å². The average Bonchev–Trinajstić information content (AvgIpc) is 3.51. The van der Waals surface area contributed by atoms with Crippen molar-refractivity contribution < 1.29 is 0 Å². The van der Waals surface area contributed by atoms with Crippen molar-refractivity contribution in [2.24, 2.45) is 0 Å². The Morgan fingerprint density at radius 2 is 1.00 bits per heavy atom. The highest BCUT2D eigenvalue weighted by molar-refractivity contribution is 7.99. The van der Waals surface area contributed by atoms with Crippen LogP contribution in [0.5, 0.6) is 0 Å². The molecule has 0 bridgehead atoms. The van der Waals surface area contributed by atoms with Crippen LogP contribution in [0.4, 0.5) is 0 Å². The van der Waals surface area contributed by atoms with Crippen LogP contribution in [0.3, 0.4) is 0 Å². The minimum atomic E-state index is -0.568. The molecule has 0 saturated heterocycles. The van der Waals surface area contributed by atoms with Crippen LogP contribution in [0.15, 0.2) is 186 Å². The lowest BCUT2D eigenvalue weighted by Gasteiger charge is -2.39.